The van der Waals surface area contributed by atoms with Gasteiger partial charge in [0.1, 0.15) is 0 Å². The fourth-order valence-electron chi connectivity index (χ4n) is 4.19. The lowest BCUT2D eigenvalue weighted by Gasteiger charge is -2.27. The molecular formula is C24H23ClF2N6O. The number of ether oxygens (including phenoxy) is 1. The van der Waals surface area contributed by atoms with E-state index in [1.165, 1.54) is 12.1 Å². The summed E-state index contributed by atoms with van der Waals surface area (Å²) in [6.07, 6.45) is 4.74. The van der Waals surface area contributed by atoms with Crippen LogP contribution in [0.5, 0.6) is 0 Å². The number of benzene rings is 2. The molecule has 1 fully saturated rings. The van der Waals surface area contributed by atoms with Gasteiger partial charge in [-0.15, -0.1) is 0 Å². The van der Waals surface area contributed by atoms with Gasteiger partial charge in [0, 0.05) is 23.1 Å². The number of hydrogen-bond donors (Lipinski definition) is 1. The highest BCUT2D eigenvalue weighted by Crippen LogP contribution is 2.31. The van der Waals surface area contributed by atoms with E-state index >= 15 is 0 Å². The van der Waals surface area contributed by atoms with Crippen molar-refractivity contribution in [3.8, 4) is 11.4 Å². The Balaban J connectivity index is 1.49. The average molecular weight is 485 g/mol. The molecule has 1 saturated heterocycles. The molecule has 2 aromatic heterocycles. The van der Waals surface area contributed by atoms with Crippen molar-refractivity contribution in [3.05, 3.63) is 65.1 Å². The molecule has 5 rings (SSSR count). The van der Waals surface area contributed by atoms with Gasteiger partial charge in [-0.25, -0.2) is 13.5 Å². The predicted molar refractivity (Wildman–Crippen MR) is 125 cm³/mol. The summed E-state index contributed by atoms with van der Waals surface area (Å²) in [5, 5.41) is 8.53. The summed E-state index contributed by atoms with van der Waals surface area (Å²) in [6.45, 7) is 4.12. The third-order valence-corrected chi connectivity index (χ3v) is 6.11. The van der Waals surface area contributed by atoms with Crippen molar-refractivity contribution in [1.82, 2.24) is 24.7 Å². The van der Waals surface area contributed by atoms with Gasteiger partial charge in [0.15, 0.2) is 23.7 Å². The largest absolute Gasteiger partial charge is 0.356 e. The molecule has 0 bridgehead atoms. The average Bonchev–Trinajstić information content (AvgIpc) is 3.24. The molecule has 0 aliphatic carbocycles. The highest BCUT2D eigenvalue weighted by atomic mass is 35.5. The van der Waals surface area contributed by atoms with Gasteiger partial charge in [-0.2, -0.15) is 20.1 Å². The molecule has 176 valence electrons. The smallest absolute Gasteiger partial charge is 0.228 e. The second kappa shape index (κ2) is 8.88. The first-order valence-electron chi connectivity index (χ1n) is 11.1. The van der Waals surface area contributed by atoms with Gasteiger partial charge < -0.3 is 10.1 Å². The summed E-state index contributed by atoms with van der Waals surface area (Å²) in [5.74, 6) is -1.36. The van der Waals surface area contributed by atoms with Crippen LogP contribution in [0.3, 0.4) is 0 Å². The van der Waals surface area contributed by atoms with Crippen LogP contribution in [0.25, 0.3) is 22.3 Å². The third kappa shape index (κ3) is 4.33. The van der Waals surface area contributed by atoms with Crippen LogP contribution in [0.2, 0.25) is 5.28 Å². The Morgan fingerprint density at radius 2 is 1.97 bits per heavy atom. The molecule has 1 atom stereocenters. The van der Waals surface area contributed by atoms with E-state index in [0.29, 0.717) is 18.0 Å². The van der Waals surface area contributed by atoms with Crippen molar-refractivity contribution in [2.75, 3.05) is 11.9 Å². The van der Waals surface area contributed by atoms with Gasteiger partial charge in [0.2, 0.25) is 11.2 Å². The highest BCUT2D eigenvalue weighted by molar-refractivity contribution is 6.28. The molecule has 3 heterocycles. The van der Waals surface area contributed by atoms with Gasteiger partial charge in [0.05, 0.1) is 17.3 Å². The van der Waals surface area contributed by atoms with Crippen molar-refractivity contribution in [1.29, 1.82) is 0 Å². The Kier molecular flexibility index (Phi) is 5.91. The van der Waals surface area contributed by atoms with E-state index in [0.717, 1.165) is 36.2 Å². The molecule has 0 saturated carbocycles. The Hall–Kier alpha value is -3.17. The highest BCUT2D eigenvalue weighted by Gasteiger charge is 2.27. The van der Waals surface area contributed by atoms with Crippen LogP contribution in [0.4, 0.5) is 14.7 Å². The first kappa shape index (κ1) is 22.6. The molecule has 0 spiro atoms. The lowest BCUT2D eigenvalue weighted by Crippen LogP contribution is -2.30. The summed E-state index contributed by atoms with van der Waals surface area (Å²) in [4.78, 5) is 12.9. The zero-order chi connectivity index (χ0) is 23.9. The van der Waals surface area contributed by atoms with Crippen LogP contribution in [0.1, 0.15) is 44.9 Å². The van der Waals surface area contributed by atoms with E-state index < -0.39 is 17.2 Å². The van der Waals surface area contributed by atoms with E-state index in [2.05, 4.69) is 25.4 Å². The summed E-state index contributed by atoms with van der Waals surface area (Å²) in [7, 11) is 0. The van der Waals surface area contributed by atoms with Crippen LogP contribution in [0.15, 0.2) is 42.6 Å². The first-order valence-corrected chi connectivity index (χ1v) is 11.4. The number of hydrogen-bond acceptors (Lipinski definition) is 6. The predicted octanol–water partition coefficient (Wildman–Crippen LogP) is 5.87. The van der Waals surface area contributed by atoms with E-state index in [1.807, 2.05) is 22.9 Å². The van der Waals surface area contributed by atoms with E-state index in [1.54, 1.807) is 20.0 Å². The number of aromatic nitrogens is 5. The maximum Gasteiger partial charge on any atom is 0.228 e. The molecule has 1 aliphatic rings. The SMILES string of the molecule is CC(C)(Nc1nc(Cl)nc(-c2ccc3cnn(C4CCCCO4)c3c2)n1)c1cccc(F)c1F. The lowest BCUT2D eigenvalue weighted by molar-refractivity contribution is -0.0366. The Bertz CT molecular complexity index is 1350. The molecule has 7 nitrogen and oxygen atoms in total. The van der Waals surface area contributed by atoms with Crippen LogP contribution in [0, 0.1) is 11.6 Å². The zero-order valence-corrected chi connectivity index (χ0v) is 19.5. The first-order chi connectivity index (χ1) is 16.3. The second-order valence-corrected chi connectivity index (χ2v) is 9.13. The number of rotatable bonds is 5. The minimum atomic E-state index is -1.02. The van der Waals surface area contributed by atoms with Crippen LogP contribution < -0.4 is 5.32 Å². The third-order valence-electron chi connectivity index (χ3n) is 5.94. The van der Waals surface area contributed by atoms with E-state index in [4.69, 9.17) is 16.3 Å². The monoisotopic (exact) mass is 484 g/mol. The number of fused-ring (bicyclic) bond motifs is 1. The molecule has 4 aromatic rings. The molecule has 1 aliphatic heterocycles. The standard InChI is InChI=1S/C24H23ClF2N6O/c1-24(2,16-6-5-7-17(26)20(16)27)32-23-30-21(29-22(25)31-23)14-9-10-15-13-28-33(18(15)12-14)19-8-3-4-11-34-19/h5-7,9-10,12-13,19H,3-4,8,11H2,1-2H3,(H,29,30,31,32). The minimum absolute atomic E-state index is 0.0211. The van der Waals surface area contributed by atoms with Crippen molar-refractivity contribution < 1.29 is 13.5 Å². The molecule has 34 heavy (non-hydrogen) atoms. The van der Waals surface area contributed by atoms with Gasteiger partial charge in [0.25, 0.3) is 0 Å². The molecule has 1 unspecified atom stereocenters. The van der Waals surface area contributed by atoms with Gasteiger partial charge in [-0.05, 0) is 56.8 Å². The maximum absolute atomic E-state index is 14.4. The maximum atomic E-state index is 14.4. The van der Waals surface area contributed by atoms with Gasteiger partial charge in [-0.3, -0.25) is 0 Å². The summed E-state index contributed by atoms with van der Waals surface area (Å²) in [5.41, 5.74) is 0.739. The summed E-state index contributed by atoms with van der Waals surface area (Å²) in [6, 6.07) is 9.80. The van der Waals surface area contributed by atoms with Crippen molar-refractivity contribution >= 4 is 28.5 Å². The summed E-state index contributed by atoms with van der Waals surface area (Å²) >= 11 is 6.21. The van der Waals surface area contributed by atoms with Gasteiger partial charge in [-0.1, -0.05) is 24.3 Å². The molecule has 0 amide bonds. The van der Waals surface area contributed by atoms with Crippen LogP contribution >= 0.6 is 11.6 Å². The second-order valence-electron chi connectivity index (χ2n) is 8.79. The molecule has 0 radical (unpaired) electrons. The Labute approximate surface area is 200 Å². The fraction of sp³-hybridized carbons (Fsp3) is 0.333. The molecule has 10 heteroatoms. The molecule has 1 N–H and O–H groups in total. The number of anilines is 1. The van der Waals surface area contributed by atoms with Crippen LogP contribution in [-0.2, 0) is 10.3 Å². The normalized spacial score (nSPS) is 16.7. The number of halogens is 3. The Morgan fingerprint density at radius 1 is 1.12 bits per heavy atom. The topological polar surface area (TPSA) is 77.8 Å². The molecular weight excluding hydrogens is 462 g/mol. The van der Waals surface area contributed by atoms with Gasteiger partial charge >= 0.3 is 0 Å². The number of nitrogens with zero attached hydrogens (tertiary/aromatic N) is 5. The van der Waals surface area contributed by atoms with E-state index in [-0.39, 0.29) is 23.0 Å². The fourth-order valence-corrected chi connectivity index (χ4v) is 4.35. The van der Waals surface area contributed by atoms with Crippen LogP contribution in [-0.4, -0.2) is 31.3 Å². The molecule has 2 aromatic carbocycles. The Morgan fingerprint density at radius 3 is 2.76 bits per heavy atom. The van der Waals surface area contributed by atoms with E-state index in [9.17, 15) is 8.78 Å². The number of nitrogens with one attached hydrogen (secondary N) is 1. The van der Waals surface area contributed by atoms with Crippen molar-refractivity contribution in [2.24, 2.45) is 0 Å². The quantitative estimate of drug-likeness (QED) is 0.382. The zero-order valence-electron chi connectivity index (χ0n) is 18.7. The van der Waals surface area contributed by atoms with Crippen molar-refractivity contribution in [2.45, 2.75) is 44.9 Å². The minimum Gasteiger partial charge on any atom is -0.356 e. The summed E-state index contributed by atoms with van der Waals surface area (Å²) < 4.78 is 36.0. The lowest BCUT2D eigenvalue weighted by atomic mass is 9.94. The van der Waals surface area contributed by atoms with Crippen molar-refractivity contribution in [3.63, 3.8) is 0 Å².